The molecule has 0 aliphatic rings. The van der Waals surface area contributed by atoms with Crippen molar-refractivity contribution in [2.75, 3.05) is 17.7 Å². The molecule has 4 aromatic rings. The Balaban J connectivity index is 1.64. The third-order valence-corrected chi connectivity index (χ3v) is 5.16. The van der Waals surface area contributed by atoms with Gasteiger partial charge in [-0.15, -0.1) is 10.2 Å². The number of nitrogens with zero attached hydrogens (tertiary/aromatic N) is 5. The zero-order chi connectivity index (χ0) is 28.0. The molecule has 39 heavy (non-hydrogen) atoms. The molecular formula is C24H25N9O6. The second-order valence-corrected chi connectivity index (χ2v) is 8.13. The standard InChI is InChI=1S/C24H25N9O6/c1-33-13-26-21(32-33)15-9-6-10-16(20(15)39-2)27-17-11-18(30-31-19(17)22(34)29-24(36,37)38)28-23(35)25-12-14-7-4-3-5-8-14/h3-11,13,36-38H,12H2,1-2H3,(H,29,34)(H3,25,27,28,30,35). The number of amides is 3. The molecule has 202 valence electrons. The number of benzene rings is 2. The van der Waals surface area contributed by atoms with Gasteiger partial charge in [0.2, 0.25) is 0 Å². The first kappa shape index (κ1) is 26.9. The van der Waals surface area contributed by atoms with Crippen LogP contribution in [-0.2, 0) is 13.6 Å². The third kappa shape index (κ3) is 7.01. The summed E-state index contributed by atoms with van der Waals surface area (Å²) >= 11 is 0. The number of methoxy groups -OCH3 is 1. The predicted octanol–water partition coefficient (Wildman–Crippen LogP) is 0.664. The van der Waals surface area contributed by atoms with Crippen molar-refractivity contribution in [3.63, 3.8) is 0 Å². The van der Waals surface area contributed by atoms with Crippen molar-refractivity contribution in [3.8, 4) is 17.1 Å². The van der Waals surface area contributed by atoms with E-state index in [1.54, 1.807) is 30.6 Å². The third-order valence-electron chi connectivity index (χ3n) is 5.16. The molecule has 2 aromatic carbocycles. The molecular weight excluding hydrogens is 510 g/mol. The van der Waals surface area contributed by atoms with Crippen LogP contribution in [0.15, 0.2) is 60.9 Å². The van der Waals surface area contributed by atoms with Crippen LogP contribution in [0, 0.1) is 0 Å². The molecule has 15 nitrogen and oxygen atoms in total. The maximum absolute atomic E-state index is 12.6. The number of urea groups is 1. The highest BCUT2D eigenvalue weighted by Gasteiger charge is 2.26. The normalized spacial score (nSPS) is 11.0. The molecule has 4 rings (SSSR count). The summed E-state index contributed by atoms with van der Waals surface area (Å²) in [4.78, 5) is 29.3. The molecule has 0 radical (unpaired) electrons. The van der Waals surface area contributed by atoms with Crippen LogP contribution in [0.1, 0.15) is 16.1 Å². The van der Waals surface area contributed by atoms with Crippen molar-refractivity contribution in [3.05, 3.63) is 72.2 Å². The van der Waals surface area contributed by atoms with Crippen LogP contribution in [0.4, 0.5) is 22.0 Å². The summed E-state index contributed by atoms with van der Waals surface area (Å²) in [7, 11) is 3.15. The van der Waals surface area contributed by atoms with Gasteiger partial charge in [0, 0.05) is 19.7 Å². The van der Waals surface area contributed by atoms with E-state index < -0.39 is 23.7 Å². The average Bonchev–Trinajstić information content (AvgIpc) is 3.33. The quantitative estimate of drug-likeness (QED) is 0.148. The minimum atomic E-state index is -3.51. The SMILES string of the molecule is COc1c(Nc2cc(NC(=O)NCc3ccccc3)nnc2C(=O)NC(O)(O)O)cccc1-c1ncn(C)n1. The molecule has 0 atom stereocenters. The molecule has 0 unspecified atom stereocenters. The number of anilines is 3. The van der Waals surface area contributed by atoms with Gasteiger partial charge in [0.1, 0.15) is 6.33 Å². The van der Waals surface area contributed by atoms with E-state index >= 15 is 0 Å². The van der Waals surface area contributed by atoms with E-state index in [1.807, 2.05) is 30.3 Å². The summed E-state index contributed by atoms with van der Waals surface area (Å²) in [6, 6.07) is 15.0. The number of carbonyl (C=O) groups is 2. The van der Waals surface area contributed by atoms with Crippen LogP contribution < -0.4 is 26.0 Å². The van der Waals surface area contributed by atoms with Gasteiger partial charge in [-0.2, -0.15) is 5.10 Å². The fraction of sp³-hybridized carbons (Fsp3) is 0.167. The summed E-state index contributed by atoms with van der Waals surface area (Å²) in [5.41, 5.74) is 1.31. The summed E-state index contributed by atoms with van der Waals surface area (Å²) in [5, 5.41) is 49.3. The van der Waals surface area contributed by atoms with Gasteiger partial charge < -0.3 is 30.7 Å². The Bertz CT molecular complexity index is 1470. The lowest BCUT2D eigenvalue weighted by atomic mass is 10.1. The number of rotatable bonds is 9. The molecule has 15 heteroatoms. The zero-order valence-electron chi connectivity index (χ0n) is 20.8. The smallest absolute Gasteiger partial charge is 0.369 e. The Morgan fingerprint density at radius 1 is 1.03 bits per heavy atom. The largest absolute Gasteiger partial charge is 0.494 e. The van der Waals surface area contributed by atoms with Gasteiger partial charge in [0.15, 0.2) is 23.1 Å². The van der Waals surface area contributed by atoms with Crippen LogP contribution in [0.25, 0.3) is 11.4 Å². The fourth-order valence-electron chi connectivity index (χ4n) is 3.51. The monoisotopic (exact) mass is 535 g/mol. The van der Waals surface area contributed by atoms with E-state index in [9.17, 15) is 24.9 Å². The number of ether oxygens (including phenoxy) is 1. The maximum Gasteiger partial charge on any atom is 0.369 e. The summed E-state index contributed by atoms with van der Waals surface area (Å²) in [6.07, 6.45) is -1.98. The van der Waals surface area contributed by atoms with Gasteiger partial charge in [0.05, 0.1) is 24.0 Å². The zero-order valence-corrected chi connectivity index (χ0v) is 20.8. The Labute approximate surface area is 221 Å². The fourth-order valence-corrected chi connectivity index (χ4v) is 3.51. The highest BCUT2D eigenvalue weighted by molar-refractivity contribution is 5.99. The van der Waals surface area contributed by atoms with Gasteiger partial charge in [-0.25, -0.2) is 9.78 Å². The van der Waals surface area contributed by atoms with Gasteiger partial charge in [0.25, 0.3) is 5.91 Å². The average molecular weight is 536 g/mol. The maximum atomic E-state index is 12.6. The first-order valence-electron chi connectivity index (χ1n) is 11.4. The molecule has 0 bridgehead atoms. The van der Waals surface area contributed by atoms with E-state index in [0.29, 0.717) is 22.8 Å². The Morgan fingerprint density at radius 3 is 2.46 bits per heavy atom. The second-order valence-electron chi connectivity index (χ2n) is 8.13. The van der Waals surface area contributed by atoms with Crippen molar-refractivity contribution >= 4 is 29.1 Å². The van der Waals surface area contributed by atoms with E-state index in [4.69, 9.17) is 4.74 Å². The Hall–Kier alpha value is -5.12. The minimum Gasteiger partial charge on any atom is -0.494 e. The lowest BCUT2D eigenvalue weighted by molar-refractivity contribution is -0.323. The van der Waals surface area contributed by atoms with Gasteiger partial charge >= 0.3 is 12.1 Å². The number of carbonyl (C=O) groups excluding carboxylic acids is 2. The van der Waals surface area contributed by atoms with E-state index in [0.717, 1.165) is 5.56 Å². The van der Waals surface area contributed by atoms with E-state index in [2.05, 4.69) is 36.2 Å². The molecule has 0 aliphatic carbocycles. The number of aromatic nitrogens is 5. The number of nitrogens with one attached hydrogen (secondary N) is 4. The van der Waals surface area contributed by atoms with Crippen LogP contribution in [0.3, 0.4) is 0 Å². The molecule has 3 amide bonds. The van der Waals surface area contributed by atoms with Crippen LogP contribution >= 0.6 is 0 Å². The number of aryl methyl sites for hydroxylation is 1. The second kappa shape index (κ2) is 11.5. The summed E-state index contributed by atoms with van der Waals surface area (Å²) in [6.45, 7) is 0.253. The highest BCUT2D eigenvalue weighted by Crippen LogP contribution is 2.37. The molecule has 2 aromatic heterocycles. The number of hydrogen-bond donors (Lipinski definition) is 7. The highest BCUT2D eigenvalue weighted by atomic mass is 16.7. The molecule has 0 saturated carbocycles. The van der Waals surface area contributed by atoms with Crippen molar-refractivity contribution in [1.82, 2.24) is 35.6 Å². The van der Waals surface area contributed by atoms with Crippen LogP contribution in [-0.4, -0.2) is 65.4 Å². The number of para-hydroxylation sites is 1. The Kier molecular flexibility index (Phi) is 7.95. The van der Waals surface area contributed by atoms with Crippen molar-refractivity contribution < 1.29 is 29.6 Å². The minimum absolute atomic E-state index is 0.0189. The Morgan fingerprint density at radius 2 is 1.79 bits per heavy atom. The number of aliphatic hydroxyl groups is 3. The molecule has 7 N–H and O–H groups in total. The summed E-state index contributed by atoms with van der Waals surface area (Å²) in [5.74, 6) is -0.516. The van der Waals surface area contributed by atoms with Gasteiger partial charge in [-0.1, -0.05) is 36.4 Å². The topological polar surface area (TPSA) is 209 Å². The first-order valence-corrected chi connectivity index (χ1v) is 11.4. The van der Waals surface area contributed by atoms with E-state index in [1.165, 1.54) is 24.2 Å². The van der Waals surface area contributed by atoms with Crippen molar-refractivity contribution in [1.29, 1.82) is 0 Å². The van der Waals surface area contributed by atoms with Crippen LogP contribution in [0.2, 0.25) is 0 Å². The lowest BCUT2D eigenvalue weighted by Gasteiger charge is -2.18. The summed E-state index contributed by atoms with van der Waals surface area (Å²) < 4.78 is 7.10. The predicted molar refractivity (Wildman–Crippen MR) is 137 cm³/mol. The lowest BCUT2D eigenvalue weighted by Crippen LogP contribution is -2.48. The molecule has 2 heterocycles. The first-order chi connectivity index (χ1) is 18.6. The van der Waals surface area contributed by atoms with Crippen LogP contribution in [0.5, 0.6) is 5.75 Å². The van der Waals surface area contributed by atoms with E-state index in [-0.39, 0.29) is 18.1 Å². The van der Waals surface area contributed by atoms with Crippen molar-refractivity contribution in [2.24, 2.45) is 7.05 Å². The molecule has 0 aliphatic heterocycles. The molecule has 0 spiro atoms. The molecule has 0 saturated heterocycles. The van der Waals surface area contributed by atoms with Gasteiger partial charge in [-0.05, 0) is 17.7 Å². The number of hydrogen-bond acceptors (Lipinski definition) is 11. The molecule has 0 fully saturated rings. The van der Waals surface area contributed by atoms with Gasteiger partial charge in [-0.3, -0.25) is 20.1 Å². The van der Waals surface area contributed by atoms with Crippen molar-refractivity contribution in [2.45, 2.75) is 12.6 Å².